The van der Waals surface area contributed by atoms with Crippen molar-refractivity contribution in [1.82, 2.24) is 14.8 Å². The van der Waals surface area contributed by atoms with Crippen molar-refractivity contribution in [1.29, 1.82) is 0 Å². The monoisotopic (exact) mass is 373 g/mol. The molecule has 0 aliphatic heterocycles. The number of hydrogen-bond donors (Lipinski definition) is 1. The number of nitrogens with one attached hydrogen (secondary N) is 1. The second kappa shape index (κ2) is 7.89. The molecule has 0 fully saturated rings. The van der Waals surface area contributed by atoms with Crippen LogP contribution in [0.4, 0.5) is 4.39 Å². The molecule has 0 aliphatic rings. The molecule has 1 aromatic heterocycles. The molecule has 0 unspecified atom stereocenters. The zero-order valence-electron chi connectivity index (χ0n) is 14.8. The Hall–Kier alpha value is -2.37. The van der Waals surface area contributed by atoms with Crippen LogP contribution in [0.3, 0.4) is 0 Å². The van der Waals surface area contributed by atoms with Gasteiger partial charge in [-0.15, -0.1) is 0 Å². The number of aromatic nitrogens is 1. The Labute approximate surface area is 157 Å². The number of likely N-dealkylation sites (N-methyl/N-ethyl adjacent to an activating group) is 1. The zero-order chi connectivity index (χ0) is 18.7. The van der Waals surface area contributed by atoms with Gasteiger partial charge < -0.3 is 14.8 Å². The Balaban J connectivity index is 1.88. The predicted molar refractivity (Wildman–Crippen MR) is 103 cm³/mol. The van der Waals surface area contributed by atoms with Gasteiger partial charge >= 0.3 is 0 Å². The number of halogens is 2. The van der Waals surface area contributed by atoms with Gasteiger partial charge in [0.25, 0.3) is 5.91 Å². The maximum Gasteiger partial charge on any atom is 0.270 e. The lowest BCUT2D eigenvalue weighted by molar-refractivity contribution is 0.0725. The van der Waals surface area contributed by atoms with Crippen molar-refractivity contribution in [2.24, 2.45) is 0 Å². The number of fused-ring (bicyclic) bond motifs is 1. The molecular weight excluding hydrogens is 353 g/mol. The van der Waals surface area contributed by atoms with Crippen molar-refractivity contribution in [2.45, 2.75) is 6.54 Å². The van der Waals surface area contributed by atoms with E-state index in [-0.39, 0.29) is 18.3 Å². The number of benzene rings is 2. The summed E-state index contributed by atoms with van der Waals surface area (Å²) in [7, 11) is 3.88. The Kier molecular flexibility index (Phi) is 5.59. The van der Waals surface area contributed by atoms with E-state index in [1.165, 1.54) is 6.07 Å². The summed E-state index contributed by atoms with van der Waals surface area (Å²) in [5.41, 5.74) is 1.77. The van der Waals surface area contributed by atoms with Crippen LogP contribution < -0.4 is 0 Å². The van der Waals surface area contributed by atoms with Crippen molar-refractivity contribution < 1.29 is 9.18 Å². The average molecular weight is 374 g/mol. The van der Waals surface area contributed by atoms with Crippen molar-refractivity contribution in [3.8, 4) is 0 Å². The van der Waals surface area contributed by atoms with Crippen LogP contribution in [0, 0.1) is 5.82 Å². The fraction of sp³-hybridized carbons (Fsp3) is 0.250. The van der Waals surface area contributed by atoms with E-state index in [1.54, 1.807) is 41.3 Å². The molecule has 0 aliphatic carbocycles. The summed E-state index contributed by atoms with van der Waals surface area (Å²) >= 11 is 6.02. The summed E-state index contributed by atoms with van der Waals surface area (Å²) in [6.45, 7) is 1.40. The molecule has 26 heavy (non-hydrogen) atoms. The predicted octanol–water partition coefficient (Wildman–Crippen LogP) is 4.16. The number of hydrogen-bond acceptors (Lipinski definition) is 2. The van der Waals surface area contributed by atoms with Gasteiger partial charge in [0.1, 0.15) is 11.5 Å². The summed E-state index contributed by atoms with van der Waals surface area (Å²) in [5.74, 6) is -0.471. The van der Waals surface area contributed by atoms with Crippen LogP contribution in [-0.4, -0.2) is 47.9 Å². The highest BCUT2D eigenvalue weighted by molar-refractivity contribution is 6.31. The van der Waals surface area contributed by atoms with E-state index in [0.717, 1.165) is 10.9 Å². The van der Waals surface area contributed by atoms with Gasteiger partial charge in [0, 0.05) is 41.1 Å². The summed E-state index contributed by atoms with van der Waals surface area (Å²) in [4.78, 5) is 19.8. The number of carbonyl (C=O) groups is 1. The second-order valence-electron chi connectivity index (χ2n) is 6.54. The Morgan fingerprint density at radius 1 is 1.12 bits per heavy atom. The second-order valence-corrected chi connectivity index (χ2v) is 6.97. The molecule has 6 heteroatoms. The summed E-state index contributed by atoms with van der Waals surface area (Å²) in [5, 5.41) is 1.52. The molecule has 1 amide bonds. The maximum atomic E-state index is 14.1. The van der Waals surface area contributed by atoms with Gasteiger partial charge in [0.05, 0.1) is 0 Å². The largest absolute Gasteiger partial charge is 0.350 e. The van der Waals surface area contributed by atoms with E-state index in [4.69, 9.17) is 11.6 Å². The van der Waals surface area contributed by atoms with E-state index < -0.39 is 0 Å². The van der Waals surface area contributed by atoms with Gasteiger partial charge in [0.15, 0.2) is 0 Å². The molecule has 1 heterocycles. The van der Waals surface area contributed by atoms with Gasteiger partial charge in [-0.25, -0.2) is 4.39 Å². The van der Waals surface area contributed by atoms with E-state index >= 15 is 0 Å². The topological polar surface area (TPSA) is 39.3 Å². The smallest absolute Gasteiger partial charge is 0.270 e. The molecule has 0 spiro atoms. The molecule has 0 bridgehead atoms. The molecular formula is C20H21ClFN3O. The Morgan fingerprint density at radius 3 is 2.62 bits per heavy atom. The van der Waals surface area contributed by atoms with Crippen LogP contribution >= 0.6 is 11.6 Å². The van der Waals surface area contributed by atoms with Gasteiger partial charge in [-0.2, -0.15) is 0 Å². The third-order valence-corrected chi connectivity index (χ3v) is 4.47. The van der Waals surface area contributed by atoms with Crippen LogP contribution in [-0.2, 0) is 6.54 Å². The van der Waals surface area contributed by atoms with Crippen LogP contribution in [0.1, 0.15) is 16.1 Å². The van der Waals surface area contributed by atoms with Crippen LogP contribution in [0.25, 0.3) is 10.9 Å². The molecule has 1 N–H and O–H groups in total. The van der Waals surface area contributed by atoms with Gasteiger partial charge in [-0.05, 0) is 38.4 Å². The molecule has 0 saturated carbocycles. The van der Waals surface area contributed by atoms with E-state index in [1.807, 2.05) is 25.1 Å². The summed E-state index contributed by atoms with van der Waals surface area (Å²) < 4.78 is 14.1. The third kappa shape index (κ3) is 4.23. The summed E-state index contributed by atoms with van der Waals surface area (Å²) in [6, 6.07) is 13.8. The highest BCUT2D eigenvalue weighted by atomic mass is 35.5. The lowest BCUT2D eigenvalue weighted by atomic mass is 10.2. The molecule has 136 valence electrons. The van der Waals surface area contributed by atoms with E-state index in [2.05, 4.69) is 4.98 Å². The van der Waals surface area contributed by atoms with Crippen molar-refractivity contribution in [2.75, 3.05) is 27.2 Å². The average Bonchev–Trinajstić information content (AvgIpc) is 3.02. The molecule has 0 radical (unpaired) electrons. The van der Waals surface area contributed by atoms with Gasteiger partial charge in [-0.3, -0.25) is 4.79 Å². The van der Waals surface area contributed by atoms with Crippen LogP contribution in [0.5, 0.6) is 0 Å². The number of H-pyrrole nitrogens is 1. The third-order valence-electron chi connectivity index (χ3n) is 4.24. The molecule has 3 rings (SSSR count). The summed E-state index contributed by atoms with van der Waals surface area (Å²) in [6.07, 6.45) is 0. The maximum absolute atomic E-state index is 14.1. The molecule has 4 nitrogen and oxygen atoms in total. The van der Waals surface area contributed by atoms with Crippen LogP contribution in [0.15, 0.2) is 48.5 Å². The molecule has 0 saturated heterocycles. The molecule has 3 aromatic rings. The quantitative estimate of drug-likeness (QED) is 0.704. The van der Waals surface area contributed by atoms with Gasteiger partial charge in [0.2, 0.25) is 0 Å². The molecule has 0 atom stereocenters. The fourth-order valence-corrected chi connectivity index (χ4v) is 2.96. The Bertz CT molecular complexity index is 922. The minimum absolute atomic E-state index is 0.164. The fourth-order valence-electron chi connectivity index (χ4n) is 2.79. The minimum Gasteiger partial charge on any atom is -0.350 e. The Morgan fingerprint density at radius 2 is 1.88 bits per heavy atom. The molecule has 2 aromatic carbocycles. The van der Waals surface area contributed by atoms with E-state index in [0.29, 0.717) is 29.4 Å². The van der Waals surface area contributed by atoms with E-state index in [9.17, 15) is 9.18 Å². The number of aromatic amines is 1. The highest BCUT2D eigenvalue weighted by Crippen LogP contribution is 2.21. The van der Waals surface area contributed by atoms with Crippen LogP contribution in [0.2, 0.25) is 5.02 Å². The van der Waals surface area contributed by atoms with Crippen molar-refractivity contribution >= 4 is 28.4 Å². The SMILES string of the molecule is CN(C)CCN(Cc1ccccc1F)C(=O)c1cc2ccc(Cl)cc2[nH]1. The number of amides is 1. The normalized spacial score (nSPS) is 11.3. The number of carbonyl (C=O) groups excluding carboxylic acids is 1. The number of rotatable bonds is 6. The first-order chi connectivity index (χ1) is 12.4. The highest BCUT2D eigenvalue weighted by Gasteiger charge is 2.19. The van der Waals surface area contributed by atoms with Crippen molar-refractivity contribution in [3.05, 3.63) is 70.6 Å². The van der Waals surface area contributed by atoms with Gasteiger partial charge in [-0.1, -0.05) is 35.9 Å². The number of nitrogens with zero attached hydrogens (tertiary/aromatic N) is 2. The zero-order valence-corrected chi connectivity index (χ0v) is 15.6. The lowest BCUT2D eigenvalue weighted by Gasteiger charge is -2.24. The minimum atomic E-state index is -0.307. The lowest BCUT2D eigenvalue weighted by Crippen LogP contribution is -2.36. The standard InChI is InChI=1S/C20H21ClFN3O/c1-24(2)9-10-25(13-15-5-3-4-6-17(15)22)20(26)19-11-14-7-8-16(21)12-18(14)23-19/h3-8,11-12,23H,9-10,13H2,1-2H3. The van der Waals surface area contributed by atoms with Crippen molar-refractivity contribution in [3.63, 3.8) is 0 Å². The first kappa shape index (κ1) is 18.4. The first-order valence-electron chi connectivity index (χ1n) is 8.40. The first-order valence-corrected chi connectivity index (χ1v) is 8.77.